The summed E-state index contributed by atoms with van der Waals surface area (Å²) in [4.78, 5) is 12.7. The topological polar surface area (TPSA) is 93.1 Å². The number of benzene rings is 3. The molecular weight excluding hydrogens is 460 g/mol. The van der Waals surface area contributed by atoms with Gasteiger partial charge in [-0.05, 0) is 47.5 Å². The lowest BCUT2D eigenvalue weighted by Gasteiger charge is -2.12. The minimum Gasteiger partial charge on any atom is -0.348 e. The van der Waals surface area contributed by atoms with Gasteiger partial charge in [-0.15, -0.1) is 0 Å². The van der Waals surface area contributed by atoms with Gasteiger partial charge < -0.3 is 5.32 Å². The molecular formula is C24H21ClN4O3S. The van der Waals surface area contributed by atoms with E-state index in [0.29, 0.717) is 13.1 Å². The van der Waals surface area contributed by atoms with E-state index in [1.807, 2.05) is 36.5 Å². The fraction of sp³-hybridized carbons (Fsp3) is 0.0833. The average Bonchev–Trinajstić information content (AvgIpc) is 3.33. The molecule has 4 rings (SSSR count). The Morgan fingerprint density at radius 2 is 1.70 bits per heavy atom. The Hall–Kier alpha value is -3.62. The van der Waals surface area contributed by atoms with Crippen molar-refractivity contribution in [3.8, 4) is 0 Å². The van der Waals surface area contributed by atoms with Crippen LogP contribution >= 0.6 is 11.6 Å². The van der Waals surface area contributed by atoms with E-state index in [1.54, 1.807) is 41.2 Å². The van der Waals surface area contributed by atoms with Crippen molar-refractivity contribution >= 4 is 33.2 Å². The number of nitrogens with zero attached hydrogens (tertiary/aromatic N) is 2. The summed E-state index contributed by atoms with van der Waals surface area (Å²) >= 11 is 6.06. The Labute approximate surface area is 197 Å². The molecule has 1 amide bonds. The second-order valence-electron chi connectivity index (χ2n) is 7.27. The summed E-state index contributed by atoms with van der Waals surface area (Å²) in [6.07, 6.45) is 3.59. The van der Waals surface area contributed by atoms with Gasteiger partial charge >= 0.3 is 0 Å². The zero-order valence-electron chi connectivity index (χ0n) is 17.5. The van der Waals surface area contributed by atoms with E-state index < -0.39 is 10.0 Å². The molecule has 9 heteroatoms. The molecule has 2 N–H and O–H groups in total. The molecule has 168 valence electrons. The number of sulfonamides is 1. The number of hydrogen-bond donors (Lipinski definition) is 2. The number of carbonyl (C=O) groups is 1. The normalized spacial score (nSPS) is 11.2. The molecule has 0 saturated heterocycles. The van der Waals surface area contributed by atoms with Crippen LogP contribution in [0.15, 0.2) is 96.2 Å². The van der Waals surface area contributed by atoms with Gasteiger partial charge in [0.2, 0.25) is 0 Å². The molecule has 4 aromatic rings. The molecule has 0 fully saturated rings. The van der Waals surface area contributed by atoms with E-state index in [4.69, 9.17) is 11.6 Å². The predicted octanol–water partition coefficient (Wildman–Crippen LogP) is 4.32. The number of halogens is 1. The number of aromatic nitrogens is 2. The van der Waals surface area contributed by atoms with Crippen LogP contribution < -0.4 is 10.0 Å². The number of nitrogens with one attached hydrogen (secondary N) is 2. The summed E-state index contributed by atoms with van der Waals surface area (Å²) in [5, 5.41) is 7.37. The molecule has 0 bridgehead atoms. The highest BCUT2D eigenvalue weighted by atomic mass is 35.5. The number of hydrogen-bond acceptors (Lipinski definition) is 4. The standard InChI is InChI=1S/C24H21ClN4O3S/c25-22-11-3-4-12-23(22)28-33(31,32)21-10-5-9-18(15-21)24(30)26-16-19-7-1-2-8-20(19)17-29-14-6-13-27-29/h1-15,28H,16-17H2,(H,26,30). The summed E-state index contributed by atoms with van der Waals surface area (Å²) in [6, 6.07) is 22.0. The highest BCUT2D eigenvalue weighted by Gasteiger charge is 2.18. The van der Waals surface area contributed by atoms with Crippen LogP contribution in [0.5, 0.6) is 0 Å². The highest BCUT2D eigenvalue weighted by molar-refractivity contribution is 7.92. The number of para-hydroxylation sites is 1. The fourth-order valence-electron chi connectivity index (χ4n) is 3.28. The second kappa shape index (κ2) is 9.89. The number of carbonyl (C=O) groups excluding carboxylic acids is 1. The lowest BCUT2D eigenvalue weighted by Crippen LogP contribution is -2.24. The van der Waals surface area contributed by atoms with Crippen LogP contribution in [0, 0.1) is 0 Å². The Balaban J connectivity index is 1.47. The minimum atomic E-state index is -3.92. The summed E-state index contributed by atoms with van der Waals surface area (Å²) in [6.45, 7) is 0.881. The monoisotopic (exact) mass is 480 g/mol. The quantitative estimate of drug-likeness (QED) is 0.393. The number of amides is 1. The van der Waals surface area contributed by atoms with Crippen LogP contribution in [0.4, 0.5) is 5.69 Å². The molecule has 1 aromatic heterocycles. The molecule has 7 nitrogen and oxygen atoms in total. The van der Waals surface area contributed by atoms with Gasteiger partial charge in [0.15, 0.2) is 0 Å². The van der Waals surface area contributed by atoms with E-state index in [9.17, 15) is 13.2 Å². The number of anilines is 1. The third kappa shape index (κ3) is 5.60. The molecule has 0 radical (unpaired) electrons. The van der Waals surface area contributed by atoms with Crippen LogP contribution in [-0.2, 0) is 23.1 Å². The van der Waals surface area contributed by atoms with Crippen LogP contribution in [0.1, 0.15) is 21.5 Å². The summed E-state index contributed by atoms with van der Waals surface area (Å²) in [5.74, 6) is -0.376. The van der Waals surface area contributed by atoms with Gasteiger partial charge in [-0.3, -0.25) is 14.2 Å². The van der Waals surface area contributed by atoms with Gasteiger partial charge in [0.25, 0.3) is 15.9 Å². The molecule has 3 aromatic carbocycles. The molecule has 0 aliphatic rings. The van der Waals surface area contributed by atoms with Gasteiger partial charge in [-0.2, -0.15) is 5.10 Å². The lowest BCUT2D eigenvalue weighted by atomic mass is 10.1. The smallest absolute Gasteiger partial charge is 0.261 e. The zero-order chi connectivity index (χ0) is 23.3. The minimum absolute atomic E-state index is 0.0332. The first-order valence-corrected chi connectivity index (χ1v) is 12.0. The summed E-state index contributed by atoms with van der Waals surface area (Å²) in [5.41, 5.74) is 2.48. The highest BCUT2D eigenvalue weighted by Crippen LogP contribution is 2.24. The van der Waals surface area contributed by atoms with Crippen molar-refractivity contribution in [3.05, 3.63) is 113 Å². The molecule has 33 heavy (non-hydrogen) atoms. The van der Waals surface area contributed by atoms with E-state index in [-0.39, 0.29) is 27.1 Å². The second-order valence-corrected chi connectivity index (χ2v) is 9.36. The van der Waals surface area contributed by atoms with Crippen LogP contribution in [0.25, 0.3) is 0 Å². The Bertz CT molecular complexity index is 1370. The van der Waals surface area contributed by atoms with E-state index in [2.05, 4.69) is 15.1 Å². The Morgan fingerprint density at radius 3 is 2.45 bits per heavy atom. The molecule has 0 aliphatic heterocycles. The van der Waals surface area contributed by atoms with Crippen molar-refractivity contribution in [1.82, 2.24) is 15.1 Å². The summed E-state index contributed by atoms with van der Waals surface area (Å²) < 4.78 is 29.9. The predicted molar refractivity (Wildman–Crippen MR) is 128 cm³/mol. The van der Waals surface area contributed by atoms with Gasteiger partial charge in [-0.1, -0.05) is 54.1 Å². The third-order valence-electron chi connectivity index (χ3n) is 4.97. The Morgan fingerprint density at radius 1 is 0.939 bits per heavy atom. The van der Waals surface area contributed by atoms with E-state index in [1.165, 1.54) is 18.2 Å². The van der Waals surface area contributed by atoms with Gasteiger partial charge in [0, 0.05) is 24.5 Å². The molecule has 0 atom stereocenters. The summed E-state index contributed by atoms with van der Waals surface area (Å²) in [7, 11) is -3.92. The molecule has 0 unspecified atom stereocenters. The van der Waals surface area contributed by atoms with Crippen molar-refractivity contribution in [2.24, 2.45) is 0 Å². The third-order valence-corrected chi connectivity index (χ3v) is 6.67. The maximum atomic E-state index is 12.8. The molecule has 0 aliphatic carbocycles. The van der Waals surface area contributed by atoms with Gasteiger partial charge in [0.05, 0.1) is 22.2 Å². The van der Waals surface area contributed by atoms with Crippen molar-refractivity contribution in [2.75, 3.05) is 4.72 Å². The average molecular weight is 481 g/mol. The largest absolute Gasteiger partial charge is 0.348 e. The lowest BCUT2D eigenvalue weighted by molar-refractivity contribution is 0.0950. The van der Waals surface area contributed by atoms with E-state index >= 15 is 0 Å². The maximum absolute atomic E-state index is 12.8. The van der Waals surface area contributed by atoms with Gasteiger partial charge in [-0.25, -0.2) is 8.42 Å². The van der Waals surface area contributed by atoms with Crippen molar-refractivity contribution in [2.45, 2.75) is 18.0 Å². The number of rotatable bonds is 8. The van der Waals surface area contributed by atoms with Gasteiger partial charge in [0.1, 0.15) is 0 Å². The molecule has 1 heterocycles. The van der Waals surface area contributed by atoms with Crippen LogP contribution in [0.3, 0.4) is 0 Å². The zero-order valence-corrected chi connectivity index (χ0v) is 19.1. The molecule has 0 saturated carbocycles. The van der Waals surface area contributed by atoms with Crippen molar-refractivity contribution < 1.29 is 13.2 Å². The Kier molecular flexibility index (Phi) is 6.76. The van der Waals surface area contributed by atoms with Crippen molar-refractivity contribution in [3.63, 3.8) is 0 Å². The van der Waals surface area contributed by atoms with E-state index in [0.717, 1.165) is 11.1 Å². The van der Waals surface area contributed by atoms with Crippen LogP contribution in [0.2, 0.25) is 5.02 Å². The first kappa shape index (κ1) is 22.6. The molecule has 0 spiro atoms. The van der Waals surface area contributed by atoms with Crippen LogP contribution in [-0.4, -0.2) is 24.1 Å². The first-order chi connectivity index (χ1) is 15.9. The first-order valence-electron chi connectivity index (χ1n) is 10.1. The fourth-order valence-corrected chi connectivity index (χ4v) is 4.65. The SMILES string of the molecule is O=C(NCc1ccccc1Cn1cccn1)c1cccc(S(=O)(=O)Nc2ccccc2Cl)c1. The van der Waals surface area contributed by atoms with Crippen molar-refractivity contribution in [1.29, 1.82) is 0 Å². The maximum Gasteiger partial charge on any atom is 0.261 e.